The molecule has 5 N–H and O–H groups in total. The van der Waals surface area contributed by atoms with Crippen LogP contribution in [0.1, 0.15) is 32.8 Å². The number of hydrogen-bond acceptors (Lipinski definition) is 5. The molecular formula is C18H17F3N4O2S. The number of rotatable bonds is 6. The second-order valence-corrected chi connectivity index (χ2v) is 6.85. The lowest BCUT2D eigenvalue weighted by atomic mass is 10.1. The lowest BCUT2D eigenvalue weighted by molar-refractivity contribution is -0.137. The number of nitrogens with one attached hydrogen (secondary N) is 2. The Balaban J connectivity index is 1.72. The molecule has 1 atom stereocenters. The molecule has 1 amide bonds. The molecule has 10 heteroatoms. The maximum Gasteiger partial charge on any atom is 0.416 e. The predicted octanol–water partition coefficient (Wildman–Crippen LogP) is 3.08. The Hall–Kier alpha value is -2.69. The lowest BCUT2D eigenvalue weighted by Gasteiger charge is -2.13. The summed E-state index contributed by atoms with van der Waals surface area (Å²) in [6, 6.07) is 7.29. The SMILES string of the molecule is NC[C@H](NC(=O)c1ccc(-c2ccc(C(F)(F)F)cc2)[nH]1)c1nc(CO)cs1. The summed E-state index contributed by atoms with van der Waals surface area (Å²) in [5.74, 6) is -0.422. The summed E-state index contributed by atoms with van der Waals surface area (Å²) < 4.78 is 38.0. The highest BCUT2D eigenvalue weighted by atomic mass is 32.1. The first-order chi connectivity index (χ1) is 13.3. The molecule has 3 rings (SSSR count). The van der Waals surface area contributed by atoms with Gasteiger partial charge in [-0.1, -0.05) is 12.1 Å². The average molecular weight is 410 g/mol. The van der Waals surface area contributed by atoms with Crippen molar-refractivity contribution in [2.24, 2.45) is 5.73 Å². The van der Waals surface area contributed by atoms with Crippen molar-refractivity contribution in [2.75, 3.05) is 6.54 Å². The fourth-order valence-electron chi connectivity index (χ4n) is 2.55. The molecule has 0 spiro atoms. The number of aromatic nitrogens is 2. The van der Waals surface area contributed by atoms with Crippen LogP contribution in [0.4, 0.5) is 13.2 Å². The largest absolute Gasteiger partial charge is 0.416 e. The minimum Gasteiger partial charge on any atom is -0.390 e. The summed E-state index contributed by atoms with van der Waals surface area (Å²) >= 11 is 1.28. The highest BCUT2D eigenvalue weighted by Crippen LogP contribution is 2.30. The number of aliphatic hydroxyl groups excluding tert-OH is 1. The number of halogens is 3. The first-order valence-corrected chi connectivity index (χ1v) is 9.12. The number of benzene rings is 1. The molecule has 6 nitrogen and oxygen atoms in total. The van der Waals surface area contributed by atoms with Crippen LogP contribution in [0.25, 0.3) is 11.3 Å². The molecule has 0 bridgehead atoms. The van der Waals surface area contributed by atoms with E-state index in [9.17, 15) is 18.0 Å². The molecule has 0 saturated carbocycles. The molecule has 3 aromatic rings. The molecule has 2 heterocycles. The van der Waals surface area contributed by atoms with Gasteiger partial charge in [-0.05, 0) is 29.8 Å². The monoisotopic (exact) mass is 410 g/mol. The first kappa shape index (κ1) is 20.1. The number of carbonyl (C=O) groups is 1. The number of hydrogen-bond donors (Lipinski definition) is 4. The molecule has 0 fully saturated rings. The van der Waals surface area contributed by atoms with Gasteiger partial charge in [-0.25, -0.2) is 4.98 Å². The number of thiazole rings is 1. The standard InChI is InChI=1S/C18H17F3N4O2S/c19-18(20,21)11-3-1-10(2-4-11)13-5-6-14(24-13)16(27)25-15(7-22)17-23-12(8-26)9-28-17/h1-6,9,15,24,26H,7-8,22H2,(H,25,27)/t15-/m0/s1. The van der Waals surface area contributed by atoms with Crippen LogP contribution >= 0.6 is 11.3 Å². The van der Waals surface area contributed by atoms with E-state index in [1.165, 1.54) is 29.5 Å². The number of H-pyrrole nitrogens is 1. The van der Waals surface area contributed by atoms with Crippen LogP contribution in [0.2, 0.25) is 0 Å². The number of amides is 1. The molecule has 0 aliphatic rings. The van der Waals surface area contributed by atoms with E-state index < -0.39 is 23.7 Å². The van der Waals surface area contributed by atoms with E-state index in [-0.39, 0.29) is 18.8 Å². The number of nitrogens with two attached hydrogens (primary N) is 1. The van der Waals surface area contributed by atoms with Gasteiger partial charge in [0, 0.05) is 17.6 Å². The van der Waals surface area contributed by atoms with Gasteiger partial charge in [0.2, 0.25) is 0 Å². The quantitative estimate of drug-likeness (QED) is 0.501. The zero-order valence-corrected chi connectivity index (χ0v) is 15.3. The summed E-state index contributed by atoms with van der Waals surface area (Å²) in [5.41, 5.74) is 6.75. The molecule has 1 aromatic carbocycles. The predicted molar refractivity (Wildman–Crippen MR) is 98.5 cm³/mol. The fraction of sp³-hybridized carbons (Fsp3) is 0.222. The maximum atomic E-state index is 12.7. The third-order valence-corrected chi connectivity index (χ3v) is 5.03. The number of carbonyl (C=O) groups excluding carboxylic acids is 1. The Morgan fingerprint density at radius 2 is 1.96 bits per heavy atom. The van der Waals surface area contributed by atoms with E-state index in [0.29, 0.717) is 22.0 Å². The minimum absolute atomic E-state index is 0.122. The fourth-order valence-corrected chi connectivity index (χ4v) is 3.42. The van der Waals surface area contributed by atoms with Gasteiger partial charge in [0.15, 0.2) is 0 Å². The van der Waals surface area contributed by atoms with Crippen LogP contribution in [0.3, 0.4) is 0 Å². The molecule has 0 saturated heterocycles. The van der Waals surface area contributed by atoms with Gasteiger partial charge in [0.1, 0.15) is 10.7 Å². The summed E-state index contributed by atoms with van der Waals surface area (Å²) in [6.45, 7) is -0.0779. The van der Waals surface area contributed by atoms with Crippen LogP contribution < -0.4 is 11.1 Å². The van der Waals surface area contributed by atoms with Crippen LogP contribution in [-0.2, 0) is 12.8 Å². The van der Waals surface area contributed by atoms with E-state index in [1.54, 1.807) is 11.4 Å². The van der Waals surface area contributed by atoms with Crippen molar-refractivity contribution >= 4 is 17.2 Å². The Labute approximate surface area is 162 Å². The molecule has 0 aliphatic carbocycles. The number of aliphatic hydroxyl groups is 1. The summed E-state index contributed by atoms with van der Waals surface area (Å²) in [6.07, 6.45) is -4.40. The van der Waals surface area contributed by atoms with Gasteiger partial charge in [-0.2, -0.15) is 13.2 Å². The molecular weight excluding hydrogens is 393 g/mol. The summed E-state index contributed by atoms with van der Waals surface area (Å²) in [4.78, 5) is 19.6. The molecule has 148 valence electrons. The summed E-state index contributed by atoms with van der Waals surface area (Å²) in [5, 5.41) is 14.1. The van der Waals surface area contributed by atoms with E-state index in [1.807, 2.05) is 0 Å². The second kappa shape index (κ2) is 8.13. The maximum absolute atomic E-state index is 12.7. The zero-order valence-electron chi connectivity index (χ0n) is 14.5. The van der Waals surface area contributed by atoms with Gasteiger partial charge in [0.05, 0.1) is 23.9 Å². The van der Waals surface area contributed by atoms with Gasteiger partial charge >= 0.3 is 6.18 Å². The normalized spacial score (nSPS) is 12.8. The first-order valence-electron chi connectivity index (χ1n) is 8.24. The van der Waals surface area contributed by atoms with Gasteiger partial charge in [-0.15, -0.1) is 11.3 Å². The van der Waals surface area contributed by atoms with Crippen molar-refractivity contribution in [3.8, 4) is 11.3 Å². The van der Waals surface area contributed by atoms with Crippen molar-refractivity contribution in [2.45, 2.75) is 18.8 Å². The Bertz CT molecular complexity index is 950. The van der Waals surface area contributed by atoms with Gasteiger partial charge in [-0.3, -0.25) is 4.79 Å². The number of alkyl halides is 3. The van der Waals surface area contributed by atoms with E-state index in [2.05, 4.69) is 15.3 Å². The van der Waals surface area contributed by atoms with Crippen molar-refractivity contribution in [1.29, 1.82) is 0 Å². The Morgan fingerprint density at radius 1 is 1.25 bits per heavy atom. The minimum atomic E-state index is -4.40. The third-order valence-electron chi connectivity index (χ3n) is 4.02. The highest BCUT2D eigenvalue weighted by molar-refractivity contribution is 7.09. The summed E-state index contributed by atoms with van der Waals surface area (Å²) in [7, 11) is 0. The lowest BCUT2D eigenvalue weighted by Crippen LogP contribution is -2.33. The molecule has 2 aromatic heterocycles. The van der Waals surface area contributed by atoms with Crippen molar-refractivity contribution in [1.82, 2.24) is 15.3 Å². The third kappa shape index (κ3) is 4.41. The average Bonchev–Trinajstić information content (AvgIpc) is 3.35. The topological polar surface area (TPSA) is 104 Å². The smallest absolute Gasteiger partial charge is 0.390 e. The van der Waals surface area contributed by atoms with E-state index in [0.717, 1.165) is 12.1 Å². The van der Waals surface area contributed by atoms with Crippen LogP contribution in [-0.4, -0.2) is 27.5 Å². The van der Waals surface area contributed by atoms with Crippen LogP contribution in [0.5, 0.6) is 0 Å². The zero-order chi connectivity index (χ0) is 20.3. The molecule has 0 radical (unpaired) electrons. The number of nitrogens with zero attached hydrogens (tertiary/aromatic N) is 1. The van der Waals surface area contributed by atoms with Crippen LogP contribution in [0.15, 0.2) is 41.8 Å². The van der Waals surface area contributed by atoms with Crippen molar-refractivity contribution < 1.29 is 23.1 Å². The van der Waals surface area contributed by atoms with Crippen molar-refractivity contribution in [3.05, 3.63) is 63.7 Å². The Morgan fingerprint density at radius 3 is 2.54 bits per heavy atom. The second-order valence-electron chi connectivity index (χ2n) is 5.96. The highest BCUT2D eigenvalue weighted by Gasteiger charge is 2.30. The molecule has 0 unspecified atom stereocenters. The van der Waals surface area contributed by atoms with Gasteiger partial charge in [0.25, 0.3) is 5.91 Å². The molecule has 28 heavy (non-hydrogen) atoms. The number of aromatic amines is 1. The van der Waals surface area contributed by atoms with Crippen molar-refractivity contribution in [3.63, 3.8) is 0 Å². The van der Waals surface area contributed by atoms with E-state index in [4.69, 9.17) is 10.8 Å². The van der Waals surface area contributed by atoms with Crippen LogP contribution in [0, 0.1) is 0 Å². The Kier molecular flexibility index (Phi) is 5.82. The van der Waals surface area contributed by atoms with E-state index >= 15 is 0 Å². The van der Waals surface area contributed by atoms with Gasteiger partial charge < -0.3 is 21.1 Å². The molecule has 0 aliphatic heterocycles.